The third-order valence-electron chi connectivity index (χ3n) is 4.63. The number of carbonyl (C=O) groups is 2. The van der Waals surface area contributed by atoms with Crippen LogP contribution in [0.3, 0.4) is 0 Å². The van der Waals surface area contributed by atoms with Gasteiger partial charge in [-0.1, -0.05) is 18.2 Å². The second-order valence-electron chi connectivity index (χ2n) is 7.21. The Labute approximate surface area is 187 Å². The van der Waals surface area contributed by atoms with Gasteiger partial charge in [-0.3, -0.25) is 9.59 Å². The molecule has 2 aromatic carbocycles. The molecule has 0 saturated carbocycles. The summed E-state index contributed by atoms with van der Waals surface area (Å²) in [4.78, 5) is 25.6. The van der Waals surface area contributed by atoms with Crippen molar-refractivity contribution in [2.24, 2.45) is 0 Å². The Bertz CT molecular complexity index is 1070. The van der Waals surface area contributed by atoms with Crippen molar-refractivity contribution in [1.29, 1.82) is 0 Å². The molecule has 0 radical (unpaired) electrons. The van der Waals surface area contributed by atoms with Crippen LogP contribution in [-0.4, -0.2) is 31.6 Å². The molecule has 1 unspecified atom stereocenters. The van der Waals surface area contributed by atoms with Gasteiger partial charge in [0.05, 0.1) is 19.4 Å². The number of furan rings is 1. The van der Waals surface area contributed by atoms with Crippen molar-refractivity contribution < 1.29 is 23.5 Å². The van der Waals surface area contributed by atoms with Crippen LogP contribution in [0.1, 0.15) is 28.6 Å². The molecule has 2 amide bonds. The van der Waals surface area contributed by atoms with Crippen LogP contribution in [-0.2, 0) is 4.79 Å². The molecule has 1 aromatic heterocycles. The molecule has 3 rings (SSSR count). The third-order valence-corrected chi connectivity index (χ3v) is 4.63. The second kappa shape index (κ2) is 10.9. The van der Waals surface area contributed by atoms with E-state index in [1.807, 2.05) is 38.1 Å². The molecule has 0 aliphatic carbocycles. The van der Waals surface area contributed by atoms with Crippen molar-refractivity contribution in [3.8, 4) is 11.5 Å². The van der Waals surface area contributed by atoms with Gasteiger partial charge in [-0.15, -0.1) is 0 Å². The molecule has 3 aromatic rings. The highest BCUT2D eigenvalue weighted by atomic mass is 16.5. The van der Waals surface area contributed by atoms with E-state index in [0.717, 1.165) is 11.3 Å². The Morgan fingerprint density at radius 2 is 1.81 bits per heavy atom. The van der Waals surface area contributed by atoms with Crippen LogP contribution in [0, 0.1) is 6.92 Å². The normalized spacial score (nSPS) is 12.0. The van der Waals surface area contributed by atoms with E-state index < -0.39 is 11.8 Å². The highest BCUT2D eigenvalue weighted by Gasteiger charge is 2.18. The Hall–Kier alpha value is -4.00. The number of ether oxygens (including phenoxy) is 2. The molecule has 0 saturated heterocycles. The highest BCUT2D eigenvalue weighted by molar-refractivity contribution is 6.05. The zero-order valence-corrected chi connectivity index (χ0v) is 18.3. The maximum Gasteiger partial charge on any atom is 0.268 e. The van der Waals surface area contributed by atoms with Crippen LogP contribution in [0.5, 0.6) is 11.5 Å². The highest BCUT2D eigenvalue weighted by Crippen LogP contribution is 2.16. The molecule has 7 nitrogen and oxygen atoms in total. The molecule has 1 atom stereocenters. The van der Waals surface area contributed by atoms with Crippen LogP contribution in [0.2, 0.25) is 0 Å². The van der Waals surface area contributed by atoms with Gasteiger partial charge in [0.15, 0.2) is 0 Å². The summed E-state index contributed by atoms with van der Waals surface area (Å²) in [6, 6.07) is 17.3. The first-order chi connectivity index (χ1) is 15.5. The van der Waals surface area contributed by atoms with Crippen molar-refractivity contribution >= 4 is 17.9 Å². The van der Waals surface area contributed by atoms with E-state index in [-0.39, 0.29) is 18.3 Å². The number of aryl methyl sites for hydroxylation is 1. The molecule has 0 bridgehead atoms. The second-order valence-corrected chi connectivity index (χ2v) is 7.21. The smallest absolute Gasteiger partial charge is 0.268 e. The lowest BCUT2D eigenvalue weighted by Crippen LogP contribution is -2.41. The van der Waals surface area contributed by atoms with Crippen molar-refractivity contribution in [3.05, 3.63) is 89.5 Å². The van der Waals surface area contributed by atoms with Gasteiger partial charge in [-0.05, 0) is 61.9 Å². The SMILES string of the molecule is COc1ccc(C(=O)N/C(=C\c2ccco2)C(=O)NC(C)COc2ccccc2C)cc1. The number of carbonyl (C=O) groups excluding carboxylic acids is 2. The van der Waals surface area contributed by atoms with E-state index in [4.69, 9.17) is 13.9 Å². The van der Waals surface area contributed by atoms with Gasteiger partial charge < -0.3 is 24.5 Å². The van der Waals surface area contributed by atoms with E-state index in [1.165, 1.54) is 12.3 Å². The molecule has 0 aliphatic rings. The largest absolute Gasteiger partial charge is 0.497 e. The van der Waals surface area contributed by atoms with Crippen molar-refractivity contribution in [2.75, 3.05) is 13.7 Å². The van der Waals surface area contributed by atoms with E-state index in [1.54, 1.807) is 43.5 Å². The third kappa shape index (κ3) is 6.25. The van der Waals surface area contributed by atoms with E-state index in [0.29, 0.717) is 17.1 Å². The number of para-hydroxylation sites is 1. The zero-order chi connectivity index (χ0) is 22.9. The summed E-state index contributed by atoms with van der Waals surface area (Å²) in [6.45, 7) is 4.06. The van der Waals surface area contributed by atoms with Crippen molar-refractivity contribution in [3.63, 3.8) is 0 Å². The molecular weight excluding hydrogens is 408 g/mol. The van der Waals surface area contributed by atoms with Gasteiger partial charge in [-0.25, -0.2) is 0 Å². The summed E-state index contributed by atoms with van der Waals surface area (Å²) in [6.07, 6.45) is 2.97. The van der Waals surface area contributed by atoms with Crippen molar-refractivity contribution in [1.82, 2.24) is 10.6 Å². The van der Waals surface area contributed by atoms with E-state index in [2.05, 4.69) is 10.6 Å². The average Bonchev–Trinajstić information content (AvgIpc) is 3.31. The molecule has 166 valence electrons. The number of nitrogens with one attached hydrogen (secondary N) is 2. The topological polar surface area (TPSA) is 89.8 Å². The molecule has 32 heavy (non-hydrogen) atoms. The summed E-state index contributed by atoms with van der Waals surface area (Å²) < 4.78 is 16.2. The summed E-state index contributed by atoms with van der Waals surface area (Å²) in [7, 11) is 1.55. The van der Waals surface area contributed by atoms with Gasteiger partial charge in [-0.2, -0.15) is 0 Å². The first kappa shape index (κ1) is 22.7. The fraction of sp³-hybridized carbons (Fsp3) is 0.200. The number of hydrogen-bond donors (Lipinski definition) is 2. The number of methoxy groups -OCH3 is 1. The monoisotopic (exact) mass is 434 g/mol. The van der Waals surface area contributed by atoms with Crippen LogP contribution in [0.15, 0.2) is 77.0 Å². The first-order valence-electron chi connectivity index (χ1n) is 10.2. The minimum atomic E-state index is -0.454. The lowest BCUT2D eigenvalue weighted by Gasteiger charge is -2.17. The Morgan fingerprint density at radius 1 is 1.06 bits per heavy atom. The number of amides is 2. The fourth-order valence-corrected chi connectivity index (χ4v) is 2.89. The van der Waals surface area contributed by atoms with Gasteiger partial charge in [0.2, 0.25) is 0 Å². The van der Waals surface area contributed by atoms with Gasteiger partial charge in [0, 0.05) is 11.6 Å². The molecule has 0 spiro atoms. The quantitative estimate of drug-likeness (QED) is 0.498. The average molecular weight is 434 g/mol. The fourth-order valence-electron chi connectivity index (χ4n) is 2.89. The predicted octanol–water partition coefficient (Wildman–Crippen LogP) is 3.95. The van der Waals surface area contributed by atoms with Crippen LogP contribution < -0.4 is 20.1 Å². The Kier molecular flexibility index (Phi) is 7.70. The van der Waals surface area contributed by atoms with Crippen LogP contribution in [0.25, 0.3) is 6.08 Å². The predicted molar refractivity (Wildman–Crippen MR) is 121 cm³/mol. The maximum absolute atomic E-state index is 12.9. The lowest BCUT2D eigenvalue weighted by molar-refractivity contribution is -0.118. The summed E-state index contributed by atoms with van der Waals surface area (Å²) >= 11 is 0. The summed E-state index contributed by atoms with van der Waals surface area (Å²) in [5.41, 5.74) is 1.46. The number of rotatable bonds is 9. The molecular formula is C25H26N2O5. The molecule has 2 N–H and O–H groups in total. The van der Waals surface area contributed by atoms with E-state index >= 15 is 0 Å². The van der Waals surface area contributed by atoms with Crippen LogP contribution in [0.4, 0.5) is 0 Å². The van der Waals surface area contributed by atoms with Gasteiger partial charge in [0.1, 0.15) is 29.6 Å². The van der Waals surface area contributed by atoms with Gasteiger partial charge >= 0.3 is 0 Å². The minimum absolute atomic E-state index is 0.0588. The first-order valence-corrected chi connectivity index (χ1v) is 10.2. The van der Waals surface area contributed by atoms with Crippen molar-refractivity contribution in [2.45, 2.75) is 19.9 Å². The zero-order valence-electron chi connectivity index (χ0n) is 18.3. The van der Waals surface area contributed by atoms with E-state index in [9.17, 15) is 9.59 Å². The molecule has 0 fully saturated rings. The Balaban J connectivity index is 1.68. The maximum atomic E-state index is 12.9. The number of hydrogen-bond acceptors (Lipinski definition) is 5. The minimum Gasteiger partial charge on any atom is -0.497 e. The molecule has 1 heterocycles. The molecule has 0 aliphatic heterocycles. The van der Waals surface area contributed by atoms with Crippen LogP contribution >= 0.6 is 0 Å². The lowest BCUT2D eigenvalue weighted by atomic mass is 10.2. The summed E-state index contributed by atoms with van der Waals surface area (Å²) in [5, 5.41) is 5.51. The van der Waals surface area contributed by atoms with Gasteiger partial charge in [0.25, 0.3) is 11.8 Å². The molecule has 7 heteroatoms. The number of benzene rings is 2. The Morgan fingerprint density at radius 3 is 2.47 bits per heavy atom. The summed E-state index contributed by atoms with van der Waals surface area (Å²) in [5.74, 6) is 0.948. The standard InChI is InChI=1S/C25H26N2O5/c1-17-7-4-5-9-23(17)32-16-18(2)26-25(29)22(15-21-8-6-14-31-21)27-24(28)19-10-12-20(30-3)13-11-19/h4-15,18H,16H2,1-3H3,(H,26,29)(H,27,28)/b22-15-.